The van der Waals surface area contributed by atoms with E-state index < -0.39 is 10.8 Å². The van der Waals surface area contributed by atoms with Gasteiger partial charge in [0, 0.05) is 10.8 Å². The summed E-state index contributed by atoms with van der Waals surface area (Å²) >= 11 is 0. The highest BCUT2D eigenvalue weighted by Gasteiger charge is 2.48. The lowest BCUT2D eigenvalue weighted by molar-refractivity contribution is -0.0900. The number of ether oxygens (including phenoxy) is 1. The first-order valence-corrected chi connectivity index (χ1v) is 21.2. The Kier molecular flexibility index (Phi) is 13.0. The first-order valence-electron chi connectivity index (χ1n) is 21.2. The van der Waals surface area contributed by atoms with E-state index in [0.717, 1.165) is 38.5 Å². The third-order valence-corrected chi connectivity index (χ3v) is 12.2. The summed E-state index contributed by atoms with van der Waals surface area (Å²) < 4.78 is 8.39. The third-order valence-electron chi connectivity index (χ3n) is 12.2. The zero-order valence-corrected chi connectivity index (χ0v) is 33.9. The second-order valence-corrected chi connectivity index (χ2v) is 16.2. The van der Waals surface area contributed by atoms with E-state index in [-0.39, 0.29) is 12.2 Å². The summed E-state index contributed by atoms with van der Waals surface area (Å²) in [6.45, 7) is 0. The van der Waals surface area contributed by atoms with E-state index in [0.29, 0.717) is 0 Å². The van der Waals surface area contributed by atoms with Gasteiger partial charge in [0.1, 0.15) is 0 Å². The van der Waals surface area contributed by atoms with Crippen LogP contribution in [0.3, 0.4) is 0 Å². The molecule has 59 heavy (non-hydrogen) atoms. The molecule has 8 aromatic carbocycles. The fraction of sp³-hybridized carbons (Fsp3) is 0.172. The Morgan fingerprint density at radius 1 is 0.254 bits per heavy atom. The van der Waals surface area contributed by atoms with E-state index in [4.69, 9.17) is 4.74 Å². The van der Waals surface area contributed by atoms with Crippen molar-refractivity contribution < 1.29 is 4.74 Å². The van der Waals surface area contributed by atoms with Crippen molar-refractivity contribution in [2.24, 2.45) is 0 Å². The second kappa shape index (κ2) is 19.4. The van der Waals surface area contributed by atoms with Gasteiger partial charge < -0.3 is 4.74 Å². The molecule has 0 heterocycles. The van der Waals surface area contributed by atoms with Gasteiger partial charge in [0.15, 0.2) is 0 Å². The van der Waals surface area contributed by atoms with Gasteiger partial charge in [0.2, 0.25) is 0 Å². The first kappa shape index (κ1) is 39.5. The highest BCUT2D eigenvalue weighted by molar-refractivity contribution is 5.39. The molecule has 0 aliphatic heterocycles. The molecule has 0 amide bonds. The Bertz CT molecular complexity index is 2130. The maximum Gasteiger partial charge on any atom is 0.0722 e. The smallest absolute Gasteiger partial charge is 0.0722 e. The lowest BCUT2D eigenvalue weighted by Crippen LogP contribution is -2.54. The molecule has 0 fully saturated rings. The molecule has 292 valence electrons. The lowest BCUT2D eigenvalue weighted by atomic mass is 9.64. The van der Waals surface area contributed by atoms with Crippen LogP contribution in [-0.4, -0.2) is 12.2 Å². The minimum Gasteiger partial charge on any atom is -0.372 e. The normalized spacial score (nSPS) is 12.7. The molecule has 0 spiro atoms. The van der Waals surface area contributed by atoms with Crippen LogP contribution in [0.4, 0.5) is 0 Å². The quantitative estimate of drug-likeness (QED) is 0.0845. The molecule has 2 unspecified atom stereocenters. The van der Waals surface area contributed by atoms with E-state index in [2.05, 4.69) is 243 Å². The molecule has 0 radical (unpaired) electrons. The predicted octanol–water partition coefficient (Wildman–Crippen LogP) is 13.1. The van der Waals surface area contributed by atoms with Crippen LogP contribution in [0, 0.1) is 0 Å². The van der Waals surface area contributed by atoms with Crippen molar-refractivity contribution in [1.29, 1.82) is 0 Å². The van der Waals surface area contributed by atoms with Crippen molar-refractivity contribution in [3.05, 3.63) is 287 Å². The summed E-state index contributed by atoms with van der Waals surface area (Å²) in [6, 6.07) is 88.8. The summed E-state index contributed by atoms with van der Waals surface area (Å²) in [5, 5.41) is 0. The van der Waals surface area contributed by atoms with Crippen LogP contribution >= 0.6 is 0 Å². The van der Waals surface area contributed by atoms with Crippen molar-refractivity contribution in [3.8, 4) is 0 Å². The summed E-state index contributed by atoms with van der Waals surface area (Å²) in [5.74, 6) is 0. The van der Waals surface area contributed by atoms with Crippen LogP contribution in [0.2, 0.25) is 0 Å². The third kappa shape index (κ3) is 9.89. The monoisotopic (exact) mass is 766 g/mol. The average molecular weight is 767 g/mol. The second-order valence-electron chi connectivity index (χ2n) is 16.2. The maximum atomic E-state index is 8.39. The molecule has 0 saturated carbocycles. The van der Waals surface area contributed by atoms with Crippen molar-refractivity contribution >= 4 is 0 Å². The molecule has 2 atom stereocenters. The summed E-state index contributed by atoms with van der Waals surface area (Å²) in [5.41, 5.74) is 9.45. The van der Waals surface area contributed by atoms with E-state index in [9.17, 15) is 0 Å². The van der Waals surface area contributed by atoms with Crippen molar-refractivity contribution in [2.45, 2.75) is 61.6 Å². The fourth-order valence-corrected chi connectivity index (χ4v) is 9.34. The van der Waals surface area contributed by atoms with Gasteiger partial charge in [0.25, 0.3) is 0 Å². The largest absolute Gasteiger partial charge is 0.372 e. The zero-order valence-electron chi connectivity index (χ0n) is 33.9. The Labute approximate surface area is 352 Å². The van der Waals surface area contributed by atoms with Gasteiger partial charge in [-0.3, -0.25) is 0 Å². The molecule has 0 saturated heterocycles. The van der Waals surface area contributed by atoms with Gasteiger partial charge in [-0.05, 0) is 83.0 Å². The van der Waals surface area contributed by atoms with Gasteiger partial charge in [-0.2, -0.15) is 0 Å². The molecular formula is C58H54O. The molecule has 8 rings (SSSR count). The van der Waals surface area contributed by atoms with E-state index in [1.807, 2.05) is 0 Å². The van der Waals surface area contributed by atoms with E-state index >= 15 is 0 Å². The molecule has 1 nitrogen and oxygen atoms in total. The van der Waals surface area contributed by atoms with Crippen molar-refractivity contribution in [2.75, 3.05) is 0 Å². The topological polar surface area (TPSA) is 9.23 Å². The minimum absolute atomic E-state index is 0.226. The van der Waals surface area contributed by atoms with Gasteiger partial charge >= 0.3 is 0 Å². The number of benzene rings is 8. The number of rotatable bonds is 18. The minimum atomic E-state index is -0.448. The molecule has 0 aliphatic carbocycles. The Hall–Kier alpha value is -6.28. The average Bonchev–Trinajstić information content (AvgIpc) is 3.31. The fourth-order valence-electron chi connectivity index (χ4n) is 9.34. The van der Waals surface area contributed by atoms with Crippen LogP contribution in [0.15, 0.2) is 243 Å². The SMILES string of the molecule is c1ccc(CC(OC(Cc2ccccc2)C(Cc2ccccc2)(Cc2ccccc2)c2ccccc2)C(Cc2ccccc2)(Cc2ccccc2)c2ccccc2)cc1. The van der Waals surface area contributed by atoms with Crippen molar-refractivity contribution in [3.63, 3.8) is 0 Å². The molecule has 0 N–H and O–H groups in total. The lowest BCUT2D eigenvalue weighted by Gasteiger charge is -2.48. The van der Waals surface area contributed by atoms with Gasteiger partial charge in [-0.1, -0.05) is 243 Å². The Balaban J connectivity index is 1.40. The zero-order chi connectivity index (χ0) is 40.0. The molecular weight excluding hydrogens is 713 g/mol. The first-order chi connectivity index (χ1) is 29.2. The molecule has 1 heteroatoms. The highest BCUT2D eigenvalue weighted by Crippen LogP contribution is 2.45. The number of hydrogen-bond acceptors (Lipinski definition) is 1. The van der Waals surface area contributed by atoms with E-state index in [1.165, 1.54) is 44.5 Å². The molecule has 0 aromatic heterocycles. The molecule has 0 aliphatic rings. The molecule has 0 bridgehead atoms. The Morgan fingerprint density at radius 2 is 0.458 bits per heavy atom. The highest BCUT2D eigenvalue weighted by atomic mass is 16.5. The summed E-state index contributed by atoms with van der Waals surface area (Å²) in [7, 11) is 0. The van der Waals surface area contributed by atoms with E-state index in [1.54, 1.807) is 0 Å². The van der Waals surface area contributed by atoms with Gasteiger partial charge in [0.05, 0.1) is 12.2 Å². The van der Waals surface area contributed by atoms with Gasteiger partial charge in [-0.15, -0.1) is 0 Å². The number of hydrogen-bond donors (Lipinski definition) is 0. The van der Waals surface area contributed by atoms with Crippen LogP contribution in [-0.2, 0) is 54.1 Å². The summed E-state index contributed by atoms with van der Waals surface area (Å²) in [6.07, 6.45) is 4.32. The van der Waals surface area contributed by atoms with Crippen LogP contribution in [0.25, 0.3) is 0 Å². The maximum absolute atomic E-state index is 8.39. The van der Waals surface area contributed by atoms with Crippen LogP contribution in [0.5, 0.6) is 0 Å². The van der Waals surface area contributed by atoms with Crippen molar-refractivity contribution in [1.82, 2.24) is 0 Å². The molecule has 8 aromatic rings. The van der Waals surface area contributed by atoms with Gasteiger partial charge in [-0.25, -0.2) is 0 Å². The summed E-state index contributed by atoms with van der Waals surface area (Å²) in [4.78, 5) is 0. The predicted molar refractivity (Wildman–Crippen MR) is 246 cm³/mol. The van der Waals surface area contributed by atoms with Crippen LogP contribution in [0.1, 0.15) is 44.5 Å². The Morgan fingerprint density at radius 3 is 0.695 bits per heavy atom. The standard InChI is InChI=1S/C58H54O/c1-9-25-47(26-10-1)41-55(57(53-37-21-7-22-38-53,43-49-29-13-3-14-30-49)44-50-31-15-4-16-32-50)59-56(42-48-27-11-2-12-28-48)58(54-39-23-8-24-40-54,45-51-33-17-5-18-34-51)46-52-35-19-6-20-36-52/h1-40,55-56H,41-46H2. The van der Waals surface area contributed by atoms with Crippen LogP contribution < -0.4 is 0 Å².